The van der Waals surface area contributed by atoms with Crippen LogP contribution in [0, 0.1) is 0 Å². The zero-order valence-corrected chi connectivity index (χ0v) is 12.7. The van der Waals surface area contributed by atoms with Crippen LogP contribution in [0.1, 0.15) is 24.6 Å². The largest absolute Gasteiger partial charge is 0.378 e. The van der Waals surface area contributed by atoms with Crippen LogP contribution < -0.4 is 0 Å². The summed E-state index contributed by atoms with van der Waals surface area (Å²) in [5, 5.41) is 2.01. The van der Waals surface area contributed by atoms with Gasteiger partial charge in [-0.25, -0.2) is 0 Å². The average Bonchev–Trinajstić information content (AvgIpc) is 2.89. The fourth-order valence-electron chi connectivity index (χ4n) is 3.08. The molecule has 4 nitrogen and oxygen atoms in total. The molecule has 2 fully saturated rings. The Labute approximate surface area is 123 Å². The van der Waals surface area contributed by atoms with Gasteiger partial charge in [0.05, 0.1) is 25.6 Å². The Morgan fingerprint density at radius 1 is 1.60 bits per heavy atom. The highest BCUT2D eigenvalue weighted by Gasteiger charge is 2.49. The predicted octanol–water partition coefficient (Wildman–Crippen LogP) is 2.09. The number of nitrogens with zero attached hydrogens (tertiary/aromatic N) is 1. The van der Waals surface area contributed by atoms with Gasteiger partial charge in [0, 0.05) is 24.5 Å². The summed E-state index contributed by atoms with van der Waals surface area (Å²) >= 11 is 1.64. The first-order valence-electron chi connectivity index (χ1n) is 7.26. The minimum atomic E-state index is -0.136. The van der Waals surface area contributed by atoms with Gasteiger partial charge in [-0.3, -0.25) is 4.79 Å². The topological polar surface area (TPSA) is 38.8 Å². The lowest BCUT2D eigenvalue weighted by atomic mass is 9.84. The average molecular weight is 295 g/mol. The number of hydrogen-bond acceptors (Lipinski definition) is 4. The zero-order chi connectivity index (χ0) is 14.0. The molecule has 2 aliphatic heterocycles. The molecule has 1 atom stereocenters. The first-order valence-corrected chi connectivity index (χ1v) is 8.14. The van der Waals surface area contributed by atoms with Crippen LogP contribution in [-0.2, 0) is 20.7 Å². The number of thiophene rings is 1. The highest BCUT2D eigenvalue weighted by Crippen LogP contribution is 2.35. The summed E-state index contributed by atoms with van der Waals surface area (Å²) in [4.78, 5) is 15.2. The van der Waals surface area contributed by atoms with Crippen molar-refractivity contribution < 1.29 is 14.3 Å². The molecule has 3 rings (SSSR count). The van der Waals surface area contributed by atoms with Gasteiger partial charge in [0.2, 0.25) is 5.91 Å². The zero-order valence-electron chi connectivity index (χ0n) is 11.8. The van der Waals surface area contributed by atoms with Gasteiger partial charge in [-0.15, -0.1) is 11.3 Å². The molecule has 0 aromatic carbocycles. The van der Waals surface area contributed by atoms with Crippen LogP contribution in [0.5, 0.6) is 0 Å². The minimum absolute atomic E-state index is 0.136. The maximum absolute atomic E-state index is 12.2. The van der Waals surface area contributed by atoms with Gasteiger partial charge >= 0.3 is 0 Å². The molecule has 5 heteroatoms. The van der Waals surface area contributed by atoms with Crippen molar-refractivity contribution in [3.8, 4) is 0 Å². The summed E-state index contributed by atoms with van der Waals surface area (Å²) in [6.45, 7) is 4.97. The summed E-state index contributed by atoms with van der Waals surface area (Å²) in [5.41, 5.74) is -0.136. The van der Waals surface area contributed by atoms with E-state index in [2.05, 4.69) is 0 Å². The molecule has 0 saturated carbocycles. The lowest BCUT2D eigenvalue weighted by Crippen LogP contribution is -2.67. The van der Waals surface area contributed by atoms with Gasteiger partial charge in [0.1, 0.15) is 5.60 Å². The predicted molar refractivity (Wildman–Crippen MR) is 77.9 cm³/mol. The Kier molecular flexibility index (Phi) is 4.10. The van der Waals surface area contributed by atoms with Crippen molar-refractivity contribution in [3.05, 3.63) is 22.4 Å². The molecule has 0 aliphatic carbocycles. The smallest absolute Gasteiger partial charge is 0.228 e. The lowest BCUT2D eigenvalue weighted by Gasteiger charge is -2.53. The molecule has 2 saturated heterocycles. The van der Waals surface area contributed by atoms with E-state index in [1.54, 1.807) is 11.3 Å². The van der Waals surface area contributed by atoms with Crippen molar-refractivity contribution in [2.75, 3.05) is 26.3 Å². The van der Waals surface area contributed by atoms with E-state index in [1.165, 1.54) is 0 Å². The minimum Gasteiger partial charge on any atom is -0.378 e. The van der Waals surface area contributed by atoms with Gasteiger partial charge in [-0.1, -0.05) is 6.07 Å². The van der Waals surface area contributed by atoms with Crippen LogP contribution >= 0.6 is 11.3 Å². The molecule has 0 bridgehead atoms. The second-order valence-corrected chi connectivity index (χ2v) is 6.64. The Bertz CT molecular complexity index is 452. The number of carbonyl (C=O) groups excluding carboxylic acids is 1. The molecule has 1 aromatic rings. The van der Waals surface area contributed by atoms with Crippen LogP contribution in [0.2, 0.25) is 0 Å². The Hall–Kier alpha value is -0.910. The van der Waals surface area contributed by atoms with E-state index in [0.717, 1.165) is 44.0 Å². The van der Waals surface area contributed by atoms with E-state index in [1.807, 2.05) is 29.3 Å². The Morgan fingerprint density at radius 3 is 3.15 bits per heavy atom. The first-order chi connectivity index (χ1) is 9.71. The van der Waals surface area contributed by atoms with E-state index >= 15 is 0 Å². The van der Waals surface area contributed by atoms with Crippen molar-refractivity contribution in [2.24, 2.45) is 0 Å². The van der Waals surface area contributed by atoms with E-state index in [9.17, 15) is 4.79 Å². The fourth-order valence-corrected chi connectivity index (χ4v) is 3.78. The molecule has 0 N–H and O–H groups in total. The van der Waals surface area contributed by atoms with Crippen LogP contribution in [0.3, 0.4) is 0 Å². The van der Waals surface area contributed by atoms with Gasteiger partial charge in [-0.2, -0.15) is 0 Å². The molecule has 0 unspecified atom stereocenters. The highest BCUT2D eigenvalue weighted by atomic mass is 32.1. The number of ether oxygens (including phenoxy) is 2. The van der Waals surface area contributed by atoms with Gasteiger partial charge < -0.3 is 14.4 Å². The standard InChI is InChI=1S/C15H21NO3S/c1-2-18-12-5-6-19-15(9-12)10-16(11-15)14(17)8-13-4-3-7-20-13/h3-4,7,12H,2,5-6,8-11H2,1H3/t12-/m0/s1. The van der Waals surface area contributed by atoms with Gasteiger partial charge in [0.25, 0.3) is 0 Å². The molecule has 1 spiro atoms. The van der Waals surface area contributed by atoms with Crippen molar-refractivity contribution in [3.63, 3.8) is 0 Å². The van der Waals surface area contributed by atoms with Crippen LogP contribution in [-0.4, -0.2) is 48.8 Å². The number of amides is 1. The molecule has 3 heterocycles. The summed E-state index contributed by atoms with van der Waals surface area (Å²) in [5.74, 6) is 0.209. The van der Waals surface area contributed by atoms with Crippen LogP contribution in [0.25, 0.3) is 0 Å². The molecule has 20 heavy (non-hydrogen) atoms. The van der Waals surface area contributed by atoms with Gasteiger partial charge in [0.15, 0.2) is 0 Å². The molecule has 1 amide bonds. The number of hydrogen-bond donors (Lipinski definition) is 0. The summed E-state index contributed by atoms with van der Waals surface area (Å²) in [6, 6.07) is 4.00. The van der Waals surface area contributed by atoms with Crippen molar-refractivity contribution in [1.82, 2.24) is 4.90 Å². The molecule has 2 aliphatic rings. The second-order valence-electron chi connectivity index (χ2n) is 5.61. The van der Waals surface area contributed by atoms with E-state index in [4.69, 9.17) is 9.47 Å². The Balaban J connectivity index is 1.51. The molecule has 110 valence electrons. The summed E-state index contributed by atoms with van der Waals surface area (Å²) in [6.07, 6.45) is 2.70. The third-order valence-electron chi connectivity index (χ3n) is 4.07. The van der Waals surface area contributed by atoms with Crippen molar-refractivity contribution in [1.29, 1.82) is 0 Å². The maximum atomic E-state index is 12.2. The van der Waals surface area contributed by atoms with E-state index in [-0.39, 0.29) is 11.5 Å². The normalized spacial score (nSPS) is 24.6. The maximum Gasteiger partial charge on any atom is 0.228 e. The lowest BCUT2D eigenvalue weighted by molar-refractivity contribution is -0.200. The highest BCUT2D eigenvalue weighted by molar-refractivity contribution is 7.10. The second kappa shape index (κ2) is 5.84. The number of likely N-dealkylation sites (tertiary alicyclic amines) is 1. The quantitative estimate of drug-likeness (QED) is 0.854. The van der Waals surface area contributed by atoms with E-state index < -0.39 is 0 Å². The summed E-state index contributed by atoms with van der Waals surface area (Å²) < 4.78 is 11.6. The molecular weight excluding hydrogens is 274 g/mol. The Morgan fingerprint density at radius 2 is 2.45 bits per heavy atom. The molecule has 1 aromatic heterocycles. The molecule has 0 radical (unpaired) electrons. The first kappa shape index (κ1) is 14.0. The SMILES string of the molecule is CCO[C@H]1CCOC2(C1)CN(C(=O)Cc1cccs1)C2. The number of rotatable bonds is 4. The van der Waals surface area contributed by atoms with Gasteiger partial charge in [-0.05, 0) is 24.8 Å². The number of carbonyl (C=O) groups is 1. The van der Waals surface area contributed by atoms with Crippen molar-refractivity contribution in [2.45, 2.75) is 37.9 Å². The van der Waals surface area contributed by atoms with Crippen molar-refractivity contribution >= 4 is 17.2 Å². The summed E-state index contributed by atoms with van der Waals surface area (Å²) in [7, 11) is 0. The third kappa shape index (κ3) is 2.90. The third-order valence-corrected chi connectivity index (χ3v) is 4.94. The monoisotopic (exact) mass is 295 g/mol. The van der Waals surface area contributed by atoms with E-state index in [0.29, 0.717) is 12.5 Å². The van der Waals surface area contributed by atoms with Crippen LogP contribution in [0.4, 0.5) is 0 Å². The molecular formula is C15H21NO3S. The van der Waals surface area contributed by atoms with Crippen LogP contribution in [0.15, 0.2) is 17.5 Å². The fraction of sp³-hybridized carbons (Fsp3) is 0.667.